The van der Waals surface area contributed by atoms with Crippen LogP contribution < -0.4 is 10.5 Å². The highest BCUT2D eigenvalue weighted by Gasteiger charge is 2.34. The molecule has 0 aliphatic rings. The van der Waals surface area contributed by atoms with Crippen LogP contribution in [0.2, 0.25) is 0 Å². The smallest absolute Gasteiger partial charge is 0.330 e. The van der Waals surface area contributed by atoms with Crippen molar-refractivity contribution in [2.75, 3.05) is 13.1 Å². The van der Waals surface area contributed by atoms with Gasteiger partial charge in [0.05, 0.1) is 10.5 Å². The Morgan fingerprint density at radius 2 is 1.86 bits per heavy atom. The lowest BCUT2D eigenvalue weighted by Crippen LogP contribution is -2.26. The first-order chi connectivity index (χ1) is 9.70. The van der Waals surface area contributed by atoms with Gasteiger partial charge in [0, 0.05) is 6.54 Å². The van der Waals surface area contributed by atoms with Gasteiger partial charge in [-0.3, -0.25) is 0 Å². The minimum absolute atomic E-state index is 0.179. The predicted octanol–water partition coefficient (Wildman–Crippen LogP) is 2.42. The van der Waals surface area contributed by atoms with Gasteiger partial charge in [-0.2, -0.15) is 13.2 Å². The van der Waals surface area contributed by atoms with E-state index in [0.717, 1.165) is 31.9 Å². The van der Waals surface area contributed by atoms with Gasteiger partial charge in [0.2, 0.25) is 10.0 Å². The Morgan fingerprint density at radius 1 is 1.19 bits per heavy atom. The average Bonchev–Trinajstić information content (AvgIpc) is 2.37. The molecule has 0 aromatic heterocycles. The molecule has 1 aromatic carbocycles. The molecule has 0 heterocycles. The van der Waals surface area contributed by atoms with Gasteiger partial charge < -0.3 is 5.73 Å². The maximum Gasteiger partial charge on any atom is 0.416 e. The maximum atomic E-state index is 12.8. The molecule has 8 heteroatoms. The van der Waals surface area contributed by atoms with E-state index in [0.29, 0.717) is 13.0 Å². The molecule has 0 saturated carbocycles. The van der Waals surface area contributed by atoms with E-state index in [1.54, 1.807) is 0 Å². The van der Waals surface area contributed by atoms with E-state index < -0.39 is 21.8 Å². The molecule has 0 aliphatic carbocycles. The van der Waals surface area contributed by atoms with Crippen molar-refractivity contribution < 1.29 is 21.6 Å². The van der Waals surface area contributed by atoms with Gasteiger partial charge in [0.25, 0.3) is 0 Å². The molecule has 0 bridgehead atoms. The quantitative estimate of drug-likeness (QED) is 0.757. The number of hydrogen-bond acceptors (Lipinski definition) is 3. The lowest BCUT2D eigenvalue weighted by atomic mass is 10.1. The molecule has 3 N–H and O–H groups in total. The molecule has 0 saturated heterocycles. The molecule has 0 radical (unpaired) electrons. The van der Waals surface area contributed by atoms with Crippen molar-refractivity contribution >= 4 is 10.0 Å². The molecule has 0 spiro atoms. The van der Waals surface area contributed by atoms with E-state index in [9.17, 15) is 21.6 Å². The Hall–Kier alpha value is -1.12. The van der Waals surface area contributed by atoms with Crippen LogP contribution in [0.3, 0.4) is 0 Å². The van der Waals surface area contributed by atoms with Crippen LogP contribution in [0.25, 0.3) is 0 Å². The Labute approximate surface area is 122 Å². The summed E-state index contributed by atoms with van der Waals surface area (Å²) in [4.78, 5) is -0.337. The number of benzene rings is 1. The molecule has 21 heavy (non-hydrogen) atoms. The topological polar surface area (TPSA) is 72.2 Å². The number of sulfonamides is 1. The summed E-state index contributed by atoms with van der Waals surface area (Å²) in [6.07, 6.45) is -2.43. The van der Waals surface area contributed by atoms with Gasteiger partial charge in [0.15, 0.2) is 0 Å². The zero-order valence-electron chi connectivity index (χ0n) is 11.7. The fourth-order valence-electron chi connectivity index (χ4n) is 1.94. The third-order valence-corrected chi connectivity index (χ3v) is 4.66. The first-order valence-corrected chi connectivity index (χ1v) is 8.05. The van der Waals surface area contributed by atoms with Crippen molar-refractivity contribution in [2.45, 2.75) is 37.3 Å². The normalized spacial score (nSPS) is 12.6. The molecule has 0 unspecified atom stereocenters. The van der Waals surface area contributed by atoms with Crippen LogP contribution in [0, 0.1) is 6.92 Å². The summed E-state index contributed by atoms with van der Waals surface area (Å²) in [7, 11) is -3.94. The maximum absolute atomic E-state index is 12.8. The molecule has 1 aromatic rings. The first kappa shape index (κ1) is 17.9. The molecule has 0 fully saturated rings. The minimum Gasteiger partial charge on any atom is -0.330 e. The standard InChI is InChI=1S/C13H19F3N2O2S/c1-10-11(13(14,15)16)6-5-7-12(10)21(19,20)18-9-4-2-3-8-17/h5-7,18H,2-4,8-9,17H2,1H3. The molecule has 0 amide bonds. The van der Waals surface area contributed by atoms with Crippen LogP contribution in [0.15, 0.2) is 23.1 Å². The van der Waals surface area contributed by atoms with Gasteiger partial charge >= 0.3 is 6.18 Å². The van der Waals surface area contributed by atoms with Gasteiger partial charge in [0.1, 0.15) is 0 Å². The summed E-state index contributed by atoms with van der Waals surface area (Å²) >= 11 is 0. The fourth-order valence-corrected chi connectivity index (χ4v) is 3.28. The second kappa shape index (κ2) is 7.24. The highest BCUT2D eigenvalue weighted by molar-refractivity contribution is 7.89. The number of rotatable bonds is 7. The number of unbranched alkanes of at least 4 members (excludes halogenated alkanes) is 2. The van der Waals surface area contributed by atoms with Crippen LogP contribution in [0.4, 0.5) is 13.2 Å². The van der Waals surface area contributed by atoms with Crippen molar-refractivity contribution in [3.05, 3.63) is 29.3 Å². The monoisotopic (exact) mass is 324 g/mol. The van der Waals surface area contributed by atoms with E-state index >= 15 is 0 Å². The fraction of sp³-hybridized carbons (Fsp3) is 0.538. The number of nitrogens with two attached hydrogens (primary N) is 1. The number of nitrogens with one attached hydrogen (secondary N) is 1. The third-order valence-electron chi connectivity index (χ3n) is 3.05. The van der Waals surface area contributed by atoms with Crippen LogP contribution in [0.5, 0.6) is 0 Å². The molecular weight excluding hydrogens is 305 g/mol. The zero-order chi connectivity index (χ0) is 16.1. The van der Waals surface area contributed by atoms with Gasteiger partial charge in [-0.25, -0.2) is 13.1 Å². The average molecular weight is 324 g/mol. The van der Waals surface area contributed by atoms with Crippen molar-refractivity contribution in [3.8, 4) is 0 Å². The Balaban J connectivity index is 2.89. The lowest BCUT2D eigenvalue weighted by Gasteiger charge is -2.14. The summed E-state index contributed by atoms with van der Waals surface area (Å²) < 4.78 is 64.8. The van der Waals surface area contributed by atoms with E-state index in [1.165, 1.54) is 6.07 Å². The highest BCUT2D eigenvalue weighted by Crippen LogP contribution is 2.34. The Morgan fingerprint density at radius 3 is 2.43 bits per heavy atom. The zero-order valence-corrected chi connectivity index (χ0v) is 12.5. The predicted molar refractivity (Wildman–Crippen MR) is 74.3 cm³/mol. The van der Waals surface area contributed by atoms with Crippen molar-refractivity contribution in [3.63, 3.8) is 0 Å². The van der Waals surface area contributed by atoms with Crippen molar-refractivity contribution in [1.29, 1.82) is 0 Å². The van der Waals surface area contributed by atoms with E-state index in [2.05, 4.69) is 4.72 Å². The lowest BCUT2D eigenvalue weighted by molar-refractivity contribution is -0.138. The van der Waals surface area contributed by atoms with Crippen molar-refractivity contribution in [1.82, 2.24) is 4.72 Å². The van der Waals surface area contributed by atoms with E-state index in [4.69, 9.17) is 5.73 Å². The molecule has 0 aliphatic heterocycles. The highest BCUT2D eigenvalue weighted by atomic mass is 32.2. The number of hydrogen-bond donors (Lipinski definition) is 2. The third kappa shape index (κ3) is 4.98. The largest absolute Gasteiger partial charge is 0.416 e. The molecule has 0 atom stereocenters. The van der Waals surface area contributed by atoms with Crippen LogP contribution in [-0.2, 0) is 16.2 Å². The summed E-state index contributed by atoms with van der Waals surface area (Å²) in [5, 5.41) is 0. The van der Waals surface area contributed by atoms with Gasteiger partial charge in [-0.15, -0.1) is 0 Å². The Kier molecular flexibility index (Phi) is 6.18. The molecule has 1 rings (SSSR count). The van der Waals surface area contributed by atoms with Crippen LogP contribution >= 0.6 is 0 Å². The molecule has 120 valence electrons. The van der Waals surface area contributed by atoms with Crippen LogP contribution in [-0.4, -0.2) is 21.5 Å². The van der Waals surface area contributed by atoms with Gasteiger partial charge in [-0.1, -0.05) is 12.5 Å². The number of halogens is 3. The summed E-state index contributed by atoms with van der Waals surface area (Å²) in [5.41, 5.74) is 4.09. The molecular formula is C13H19F3N2O2S. The summed E-state index contributed by atoms with van der Waals surface area (Å²) in [6.45, 7) is 1.86. The molecule has 4 nitrogen and oxygen atoms in total. The summed E-state index contributed by atoms with van der Waals surface area (Å²) in [6, 6.07) is 3.14. The minimum atomic E-state index is -4.57. The van der Waals surface area contributed by atoms with Gasteiger partial charge in [-0.05, 0) is 44.0 Å². The van der Waals surface area contributed by atoms with E-state index in [-0.39, 0.29) is 17.0 Å². The Bertz CT molecular complexity index is 571. The number of alkyl halides is 3. The van der Waals surface area contributed by atoms with E-state index in [1.807, 2.05) is 0 Å². The SMILES string of the molecule is Cc1c(C(F)(F)F)cccc1S(=O)(=O)NCCCCCN. The first-order valence-electron chi connectivity index (χ1n) is 6.56. The van der Waals surface area contributed by atoms with Crippen molar-refractivity contribution in [2.24, 2.45) is 5.73 Å². The summed E-state index contributed by atoms with van der Waals surface area (Å²) in [5.74, 6) is 0. The second-order valence-corrected chi connectivity index (χ2v) is 6.41. The second-order valence-electron chi connectivity index (χ2n) is 4.67. The van der Waals surface area contributed by atoms with Crippen LogP contribution in [0.1, 0.15) is 30.4 Å².